The van der Waals surface area contributed by atoms with Crippen molar-refractivity contribution in [1.82, 2.24) is 10.2 Å². The molecule has 2 amide bonds. The van der Waals surface area contributed by atoms with Crippen molar-refractivity contribution in [2.24, 2.45) is 0 Å². The van der Waals surface area contributed by atoms with Gasteiger partial charge in [-0.3, -0.25) is 9.59 Å². The third-order valence-corrected chi connectivity index (χ3v) is 5.58. The summed E-state index contributed by atoms with van der Waals surface area (Å²) in [5.41, 5.74) is 0.609. The smallest absolute Gasteiger partial charge is 0.252 e. The quantitative estimate of drug-likeness (QED) is 0.488. The van der Waals surface area contributed by atoms with Crippen molar-refractivity contribution >= 4 is 23.6 Å². The van der Waals surface area contributed by atoms with E-state index in [4.69, 9.17) is 9.15 Å². The molecule has 1 fully saturated rings. The summed E-state index contributed by atoms with van der Waals surface area (Å²) in [5.74, 6) is 1.18. The molecule has 0 spiro atoms. The van der Waals surface area contributed by atoms with E-state index in [9.17, 15) is 9.59 Å². The van der Waals surface area contributed by atoms with Crippen LogP contribution in [-0.2, 0) is 16.1 Å². The molecule has 0 aliphatic carbocycles. The predicted octanol–water partition coefficient (Wildman–Crippen LogP) is 3.33. The molecule has 1 saturated heterocycles. The zero-order valence-electron chi connectivity index (χ0n) is 15.9. The zero-order chi connectivity index (χ0) is 19.6. The highest BCUT2D eigenvalue weighted by atomic mass is 32.2. The number of thioether (sulfide) groups is 1. The lowest BCUT2D eigenvalue weighted by atomic mass is 10.2. The van der Waals surface area contributed by atoms with E-state index >= 15 is 0 Å². The number of furan rings is 1. The summed E-state index contributed by atoms with van der Waals surface area (Å²) < 4.78 is 10.7. The predicted molar refractivity (Wildman–Crippen MR) is 108 cm³/mol. The van der Waals surface area contributed by atoms with Gasteiger partial charge in [-0.2, -0.15) is 0 Å². The Bertz CT molecular complexity index is 758. The van der Waals surface area contributed by atoms with Gasteiger partial charge in [-0.25, -0.2) is 0 Å². The Balaban J connectivity index is 1.39. The van der Waals surface area contributed by atoms with Crippen LogP contribution in [0.2, 0.25) is 0 Å². The highest BCUT2D eigenvalue weighted by molar-refractivity contribution is 8.00. The van der Waals surface area contributed by atoms with E-state index in [1.165, 1.54) is 11.8 Å². The Morgan fingerprint density at radius 2 is 1.96 bits per heavy atom. The van der Waals surface area contributed by atoms with Crippen LogP contribution in [0.15, 0.2) is 52.0 Å². The van der Waals surface area contributed by atoms with E-state index in [1.54, 1.807) is 12.3 Å². The third kappa shape index (κ3) is 6.14. The number of amides is 2. The van der Waals surface area contributed by atoms with Gasteiger partial charge in [0.1, 0.15) is 12.4 Å². The van der Waals surface area contributed by atoms with E-state index < -0.39 is 0 Å². The monoisotopic (exact) mass is 402 g/mol. The van der Waals surface area contributed by atoms with E-state index in [-0.39, 0.29) is 11.8 Å². The summed E-state index contributed by atoms with van der Waals surface area (Å²) in [4.78, 5) is 27.5. The van der Waals surface area contributed by atoms with Crippen molar-refractivity contribution in [3.05, 3.63) is 54.0 Å². The molecule has 1 N–H and O–H groups in total. The Morgan fingerprint density at radius 1 is 1.14 bits per heavy atom. The Kier molecular flexibility index (Phi) is 7.99. The number of hydrogen-bond acceptors (Lipinski definition) is 5. The van der Waals surface area contributed by atoms with Crippen LogP contribution in [0.1, 0.15) is 35.4 Å². The third-order valence-electron chi connectivity index (χ3n) is 4.52. The molecule has 28 heavy (non-hydrogen) atoms. The van der Waals surface area contributed by atoms with Crippen molar-refractivity contribution < 1.29 is 18.7 Å². The van der Waals surface area contributed by atoms with E-state index in [0.717, 1.165) is 43.0 Å². The van der Waals surface area contributed by atoms with Crippen molar-refractivity contribution in [3.8, 4) is 0 Å². The molecule has 0 radical (unpaired) electrons. The second-order valence-corrected chi connectivity index (χ2v) is 7.63. The fourth-order valence-corrected chi connectivity index (χ4v) is 3.97. The van der Waals surface area contributed by atoms with Gasteiger partial charge in [0.05, 0.1) is 17.6 Å². The first kappa shape index (κ1) is 20.5. The largest absolute Gasteiger partial charge is 0.467 e. The standard InChI is InChI=1S/C21H26N2O4S/c24-20(23-11-3-4-12-23)16-28-19-9-2-1-8-18(19)21(25)22-10-6-13-26-15-17-7-5-14-27-17/h1-2,5,7-9,14H,3-4,6,10-13,15-16H2,(H,22,25). The van der Waals surface area contributed by atoms with Gasteiger partial charge in [-0.15, -0.1) is 11.8 Å². The van der Waals surface area contributed by atoms with E-state index in [0.29, 0.717) is 31.1 Å². The number of carbonyl (C=O) groups is 2. The number of nitrogens with zero attached hydrogens (tertiary/aromatic N) is 1. The minimum Gasteiger partial charge on any atom is -0.467 e. The molecular weight excluding hydrogens is 376 g/mol. The number of nitrogens with one attached hydrogen (secondary N) is 1. The molecule has 3 rings (SSSR count). The molecule has 0 saturated carbocycles. The van der Waals surface area contributed by atoms with Crippen LogP contribution in [0.3, 0.4) is 0 Å². The number of carbonyl (C=O) groups excluding carboxylic acids is 2. The fourth-order valence-electron chi connectivity index (χ4n) is 3.02. The molecule has 1 aliphatic rings. The van der Waals surface area contributed by atoms with Crippen LogP contribution in [0.25, 0.3) is 0 Å². The van der Waals surface area contributed by atoms with Crippen LogP contribution >= 0.6 is 11.8 Å². The second kappa shape index (κ2) is 10.9. The molecule has 2 aromatic rings. The van der Waals surface area contributed by atoms with Gasteiger partial charge in [-0.05, 0) is 43.5 Å². The van der Waals surface area contributed by atoms with Crippen LogP contribution < -0.4 is 5.32 Å². The normalized spacial score (nSPS) is 13.6. The summed E-state index contributed by atoms with van der Waals surface area (Å²) in [6.07, 6.45) is 4.50. The first-order chi connectivity index (χ1) is 13.7. The van der Waals surface area contributed by atoms with E-state index in [1.807, 2.05) is 35.2 Å². The Labute approximate surface area is 169 Å². The summed E-state index contributed by atoms with van der Waals surface area (Å²) in [6, 6.07) is 11.1. The van der Waals surface area contributed by atoms with Crippen LogP contribution in [0.5, 0.6) is 0 Å². The maximum atomic E-state index is 12.5. The lowest BCUT2D eigenvalue weighted by Gasteiger charge is -2.15. The van der Waals surface area contributed by atoms with E-state index in [2.05, 4.69) is 5.32 Å². The summed E-state index contributed by atoms with van der Waals surface area (Å²) in [7, 11) is 0. The summed E-state index contributed by atoms with van der Waals surface area (Å²) >= 11 is 1.43. The molecule has 1 aliphatic heterocycles. The second-order valence-electron chi connectivity index (χ2n) is 6.61. The van der Waals surface area contributed by atoms with Crippen LogP contribution in [0, 0.1) is 0 Å². The number of benzene rings is 1. The maximum absolute atomic E-state index is 12.5. The van der Waals surface area contributed by atoms with Crippen molar-refractivity contribution in [3.63, 3.8) is 0 Å². The summed E-state index contributed by atoms with van der Waals surface area (Å²) in [5, 5.41) is 2.92. The van der Waals surface area contributed by atoms with Gasteiger partial charge in [0.25, 0.3) is 5.91 Å². The van der Waals surface area contributed by atoms with Gasteiger partial charge < -0.3 is 19.4 Å². The molecule has 7 heteroatoms. The highest BCUT2D eigenvalue weighted by Crippen LogP contribution is 2.23. The molecule has 6 nitrogen and oxygen atoms in total. The molecule has 1 aromatic carbocycles. The average molecular weight is 403 g/mol. The molecular formula is C21H26N2O4S. The average Bonchev–Trinajstić information content (AvgIpc) is 3.43. The van der Waals surface area contributed by atoms with Crippen molar-refractivity contribution in [2.45, 2.75) is 30.8 Å². The van der Waals surface area contributed by atoms with Gasteiger partial charge in [0.15, 0.2) is 0 Å². The van der Waals surface area contributed by atoms with Crippen molar-refractivity contribution in [2.75, 3.05) is 32.0 Å². The lowest BCUT2D eigenvalue weighted by molar-refractivity contribution is -0.127. The SMILES string of the molecule is O=C(NCCCOCc1ccco1)c1ccccc1SCC(=O)N1CCCC1. The maximum Gasteiger partial charge on any atom is 0.252 e. The molecule has 1 aromatic heterocycles. The van der Waals surface area contributed by atoms with Gasteiger partial charge >= 0.3 is 0 Å². The van der Waals surface area contributed by atoms with Gasteiger partial charge in [-0.1, -0.05) is 12.1 Å². The topological polar surface area (TPSA) is 71.8 Å². The Morgan fingerprint density at radius 3 is 2.75 bits per heavy atom. The molecule has 0 atom stereocenters. The van der Waals surface area contributed by atoms with Gasteiger partial charge in [0.2, 0.25) is 5.91 Å². The minimum absolute atomic E-state index is 0.122. The number of rotatable bonds is 10. The number of ether oxygens (including phenoxy) is 1. The minimum atomic E-state index is -0.122. The van der Waals surface area contributed by atoms with Crippen LogP contribution in [0.4, 0.5) is 0 Å². The molecule has 150 valence electrons. The fraction of sp³-hybridized carbons (Fsp3) is 0.429. The number of likely N-dealkylation sites (tertiary alicyclic amines) is 1. The van der Waals surface area contributed by atoms with Crippen molar-refractivity contribution in [1.29, 1.82) is 0 Å². The Hall–Kier alpha value is -2.25. The summed E-state index contributed by atoms with van der Waals surface area (Å²) in [6.45, 7) is 3.21. The first-order valence-electron chi connectivity index (χ1n) is 9.62. The lowest BCUT2D eigenvalue weighted by Crippen LogP contribution is -2.29. The first-order valence-corrected chi connectivity index (χ1v) is 10.6. The molecule has 2 heterocycles. The highest BCUT2D eigenvalue weighted by Gasteiger charge is 2.19. The zero-order valence-corrected chi connectivity index (χ0v) is 16.7. The molecule has 0 bridgehead atoms. The van der Waals surface area contributed by atoms with Crippen LogP contribution in [-0.4, -0.2) is 48.7 Å². The molecule has 0 unspecified atom stereocenters. The number of hydrogen-bond donors (Lipinski definition) is 1. The van der Waals surface area contributed by atoms with Gasteiger partial charge in [0, 0.05) is 31.1 Å².